The fourth-order valence-corrected chi connectivity index (χ4v) is 1.96. The number of allylic oxidation sites excluding steroid dienone is 1. The molecule has 4 nitrogen and oxygen atoms in total. The molecule has 0 saturated heterocycles. The second-order valence-electron chi connectivity index (χ2n) is 4.50. The third kappa shape index (κ3) is 3.63. The number of phenols is 2. The molecule has 2 aromatic rings. The molecule has 0 spiro atoms. The largest absolute Gasteiger partial charge is 0.507 e. The van der Waals surface area contributed by atoms with Crippen LogP contribution in [0.15, 0.2) is 48.5 Å². The summed E-state index contributed by atoms with van der Waals surface area (Å²) in [5, 5.41) is 19.8. The van der Waals surface area contributed by atoms with E-state index in [2.05, 4.69) is 4.74 Å². The van der Waals surface area contributed by atoms with Crippen molar-refractivity contribution in [1.29, 1.82) is 0 Å². The molecule has 0 aliphatic carbocycles. The van der Waals surface area contributed by atoms with Crippen molar-refractivity contribution in [3.63, 3.8) is 0 Å². The van der Waals surface area contributed by atoms with E-state index < -0.39 is 5.97 Å². The molecule has 0 fully saturated rings. The van der Waals surface area contributed by atoms with Gasteiger partial charge in [0.25, 0.3) is 0 Å². The van der Waals surface area contributed by atoms with E-state index in [1.165, 1.54) is 19.2 Å². The lowest BCUT2D eigenvalue weighted by molar-refractivity contribution is 0.0599. The van der Waals surface area contributed by atoms with Crippen molar-refractivity contribution in [3.05, 3.63) is 65.2 Å². The molecule has 0 aliphatic heterocycles. The zero-order valence-corrected chi connectivity index (χ0v) is 11.6. The summed E-state index contributed by atoms with van der Waals surface area (Å²) in [5.41, 5.74) is 1.51. The van der Waals surface area contributed by atoms with E-state index in [0.29, 0.717) is 12.0 Å². The second kappa shape index (κ2) is 6.61. The molecule has 0 radical (unpaired) electrons. The molecular formula is C17H16O4. The van der Waals surface area contributed by atoms with Crippen LogP contribution in [0.25, 0.3) is 6.08 Å². The smallest absolute Gasteiger partial charge is 0.338 e. The predicted molar refractivity (Wildman–Crippen MR) is 80.3 cm³/mol. The number of methoxy groups -OCH3 is 1. The highest BCUT2D eigenvalue weighted by atomic mass is 16.5. The first-order valence-electron chi connectivity index (χ1n) is 6.46. The summed E-state index contributed by atoms with van der Waals surface area (Å²) < 4.78 is 4.55. The Bertz CT molecular complexity index is 637. The summed E-state index contributed by atoms with van der Waals surface area (Å²) in [7, 11) is 1.24. The molecular weight excluding hydrogens is 268 g/mol. The molecule has 108 valence electrons. The standard InChI is InChI=1S/C17H16O4/c1-21-17(20)13-10-15(18)14(16(19)11-13)9-5-8-12-6-3-2-4-7-12/h2-8,10-11,18-19H,9H2,1H3. The molecule has 2 aromatic carbocycles. The Morgan fingerprint density at radius 2 is 1.76 bits per heavy atom. The number of hydrogen-bond acceptors (Lipinski definition) is 4. The minimum Gasteiger partial charge on any atom is -0.507 e. The van der Waals surface area contributed by atoms with Gasteiger partial charge in [-0.3, -0.25) is 0 Å². The predicted octanol–water partition coefficient (Wildman–Crippen LogP) is 3.14. The Kier molecular flexibility index (Phi) is 4.61. The van der Waals surface area contributed by atoms with E-state index in [9.17, 15) is 15.0 Å². The van der Waals surface area contributed by atoms with E-state index in [0.717, 1.165) is 5.56 Å². The third-order valence-corrected chi connectivity index (χ3v) is 3.06. The van der Waals surface area contributed by atoms with E-state index in [-0.39, 0.29) is 17.1 Å². The van der Waals surface area contributed by atoms with Gasteiger partial charge < -0.3 is 14.9 Å². The molecule has 0 aromatic heterocycles. The topological polar surface area (TPSA) is 66.8 Å². The number of esters is 1. The lowest BCUT2D eigenvalue weighted by atomic mass is 10.0. The molecule has 4 heteroatoms. The van der Waals surface area contributed by atoms with E-state index in [4.69, 9.17) is 0 Å². The Hall–Kier alpha value is -2.75. The summed E-state index contributed by atoms with van der Waals surface area (Å²) in [4.78, 5) is 11.4. The van der Waals surface area contributed by atoms with Crippen LogP contribution in [0.5, 0.6) is 11.5 Å². The second-order valence-corrected chi connectivity index (χ2v) is 4.50. The number of carbonyl (C=O) groups is 1. The van der Waals surface area contributed by atoms with Crippen molar-refractivity contribution in [2.24, 2.45) is 0 Å². The van der Waals surface area contributed by atoms with Gasteiger partial charge in [-0.05, 0) is 24.1 Å². The highest BCUT2D eigenvalue weighted by Crippen LogP contribution is 2.30. The van der Waals surface area contributed by atoms with Gasteiger partial charge in [0, 0.05) is 5.56 Å². The van der Waals surface area contributed by atoms with Gasteiger partial charge in [0.05, 0.1) is 12.7 Å². The van der Waals surface area contributed by atoms with Crippen molar-refractivity contribution in [1.82, 2.24) is 0 Å². The van der Waals surface area contributed by atoms with Crippen LogP contribution in [0.2, 0.25) is 0 Å². The van der Waals surface area contributed by atoms with Crippen molar-refractivity contribution >= 4 is 12.0 Å². The Morgan fingerprint density at radius 3 is 2.33 bits per heavy atom. The average molecular weight is 284 g/mol. The van der Waals surface area contributed by atoms with Gasteiger partial charge in [0.2, 0.25) is 0 Å². The van der Waals surface area contributed by atoms with Crippen molar-refractivity contribution in [3.8, 4) is 11.5 Å². The number of rotatable bonds is 4. The maximum atomic E-state index is 11.4. The molecule has 2 rings (SSSR count). The van der Waals surface area contributed by atoms with E-state index in [1.807, 2.05) is 42.5 Å². The van der Waals surface area contributed by atoms with Crippen molar-refractivity contribution in [2.75, 3.05) is 7.11 Å². The Labute approximate surface area is 122 Å². The molecule has 0 bridgehead atoms. The molecule has 0 saturated carbocycles. The van der Waals surface area contributed by atoms with Crippen LogP contribution in [-0.2, 0) is 11.2 Å². The first-order valence-corrected chi connectivity index (χ1v) is 6.46. The van der Waals surface area contributed by atoms with Crippen LogP contribution >= 0.6 is 0 Å². The maximum absolute atomic E-state index is 11.4. The van der Waals surface area contributed by atoms with Crippen LogP contribution in [0.3, 0.4) is 0 Å². The molecule has 21 heavy (non-hydrogen) atoms. The zero-order chi connectivity index (χ0) is 15.2. The Morgan fingerprint density at radius 1 is 1.14 bits per heavy atom. The number of phenolic OH excluding ortho intramolecular Hbond substituents is 2. The van der Waals surface area contributed by atoms with Crippen LogP contribution in [0.4, 0.5) is 0 Å². The summed E-state index contributed by atoms with van der Waals surface area (Å²) in [5.74, 6) is -0.867. The highest BCUT2D eigenvalue weighted by Gasteiger charge is 2.13. The summed E-state index contributed by atoms with van der Waals surface area (Å²) in [6.45, 7) is 0. The van der Waals surface area contributed by atoms with Crippen molar-refractivity contribution in [2.45, 2.75) is 6.42 Å². The lowest BCUT2D eigenvalue weighted by Crippen LogP contribution is -2.01. The van der Waals surface area contributed by atoms with E-state index in [1.54, 1.807) is 0 Å². The number of aromatic hydroxyl groups is 2. The molecule has 0 unspecified atom stereocenters. The van der Waals surface area contributed by atoms with Gasteiger partial charge in [0.15, 0.2) is 0 Å². The zero-order valence-electron chi connectivity index (χ0n) is 11.6. The quantitative estimate of drug-likeness (QED) is 0.846. The first-order chi connectivity index (χ1) is 10.1. The molecule has 0 heterocycles. The molecule has 0 amide bonds. The summed E-state index contributed by atoms with van der Waals surface area (Å²) in [6, 6.07) is 12.3. The monoisotopic (exact) mass is 284 g/mol. The maximum Gasteiger partial charge on any atom is 0.338 e. The van der Waals surface area contributed by atoms with Gasteiger partial charge in [0.1, 0.15) is 11.5 Å². The van der Waals surface area contributed by atoms with E-state index >= 15 is 0 Å². The van der Waals surface area contributed by atoms with Gasteiger partial charge in [-0.25, -0.2) is 4.79 Å². The number of benzene rings is 2. The normalized spacial score (nSPS) is 10.7. The first kappa shape index (κ1) is 14.7. The molecule has 2 N–H and O–H groups in total. The molecule has 0 atom stereocenters. The van der Waals surface area contributed by atoms with Crippen LogP contribution < -0.4 is 0 Å². The average Bonchev–Trinajstić information content (AvgIpc) is 2.50. The number of hydrogen-bond donors (Lipinski definition) is 2. The van der Waals surface area contributed by atoms with Gasteiger partial charge >= 0.3 is 5.97 Å². The van der Waals surface area contributed by atoms with Crippen LogP contribution in [0.1, 0.15) is 21.5 Å². The van der Waals surface area contributed by atoms with Gasteiger partial charge in [-0.1, -0.05) is 42.5 Å². The number of carbonyl (C=O) groups excluding carboxylic acids is 1. The van der Waals surface area contributed by atoms with Gasteiger partial charge in [-0.2, -0.15) is 0 Å². The fraction of sp³-hybridized carbons (Fsp3) is 0.118. The lowest BCUT2D eigenvalue weighted by Gasteiger charge is -2.07. The summed E-state index contributed by atoms with van der Waals surface area (Å²) >= 11 is 0. The SMILES string of the molecule is COC(=O)c1cc(O)c(CC=Cc2ccccc2)c(O)c1. The highest BCUT2D eigenvalue weighted by molar-refractivity contribution is 5.90. The Balaban J connectivity index is 2.17. The van der Waals surface area contributed by atoms with Crippen LogP contribution in [0, 0.1) is 0 Å². The van der Waals surface area contributed by atoms with Crippen molar-refractivity contribution < 1.29 is 19.7 Å². The fourth-order valence-electron chi connectivity index (χ4n) is 1.96. The molecule has 0 aliphatic rings. The minimum atomic E-state index is -0.605. The number of ether oxygens (including phenoxy) is 1. The summed E-state index contributed by atoms with van der Waals surface area (Å²) in [6.07, 6.45) is 4.09. The minimum absolute atomic E-state index is 0.114. The van der Waals surface area contributed by atoms with Gasteiger partial charge in [-0.15, -0.1) is 0 Å². The third-order valence-electron chi connectivity index (χ3n) is 3.06. The van der Waals surface area contributed by atoms with Crippen LogP contribution in [-0.4, -0.2) is 23.3 Å².